The molecule has 6 heteroatoms. The maximum atomic E-state index is 13.2. The maximum absolute atomic E-state index is 13.2. The third kappa shape index (κ3) is 1.69. The molecule has 0 atom stereocenters. The molecule has 2 rings (SSSR count). The first kappa shape index (κ1) is 9.32. The van der Waals surface area contributed by atoms with Crippen molar-refractivity contribution in [2.75, 3.05) is 0 Å². The Morgan fingerprint density at radius 3 is 2.93 bits per heavy atom. The quantitative estimate of drug-likeness (QED) is 0.778. The zero-order chi connectivity index (χ0) is 10.8. The van der Waals surface area contributed by atoms with Gasteiger partial charge in [0.25, 0.3) is 0 Å². The number of aromatic nitrogens is 3. The zero-order valence-corrected chi connectivity index (χ0v) is 7.44. The predicted octanol–water partition coefficient (Wildman–Crippen LogP) is 1.31. The largest absolute Gasteiger partial charge is 0.477 e. The minimum absolute atomic E-state index is 0.0289. The highest BCUT2D eigenvalue weighted by molar-refractivity contribution is 5.86. The Kier molecular flexibility index (Phi) is 2.17. The molecule has 0 aliphatic rings. The molecule has 2 aromatic heterocycles. The highest BCUT2D eigenvalue weighted by atomic mass is 19.1. The lowest BCUT2D eigenvalue weighted by Gasteiger charge is -1.95. The van der Waals surface area contributed by atoms with Crippen LogP contribution in [0.2, 0.25) is 0 Å². The highest BCUT2D eigenvalue weighted by Crippen LogP contribution is 2.17. The van der Waals surface area contributed by atoms with Crippen LogP contribution in [0.1, 0.15) is 10.5 Å². The Bertz CT molecular complexity index is 510. The van der Waals surface area contributed by atoms with Crippen LogP contribution in [-0.2, 0) is 0 Å². The first-order chi connectivity index (χ1) is 7.18. The van der Waals surface area contributed by atoms with E-state index in [1.165, 1.54) is 24.4 Å². The number of carboxylic acids is 1. The van der Waals surface area contributed by atoms with Gasteiger partial charge >= 0.3 is 5.97 Å². The summed E-state index contributed by atoms with van der Waals surface area (Å²) in [5.74, 6) is -1.69. The van der Waals surface area contributed by atoms with Gasteiger partial charge in [-0.15, -0.1) is 0 Å². The third-order valence-corrected chi connectivity index (χ3v) is 1.81. The van der Waals surface area contributed by atoms with Crippen LogP contribution in [-0.4, -0.2) is 26.3 Å². The van der Waals surface area contributed by atoms with Crippen LogP contribution in [0.4, 0.5) is 4.39 Å². The van der Waals surface area contributed by atoms with Crippen LogP contribution in [0.5, 0.6) is 0 Å². The number of hydrogen-bond donors (Lipinski definition) is 2. The van der Waals surface area contributed by atoms with E-state index >= 15 is 0 Å². The predicted molar refractivity (Wildman–Crippen MR) is 48.7 cm³/mol. The summed E-state index contributed by atoms with van der Waals surface area (Å²) in [6, 6.07) is 3.91. The van der Waals surface area contributed by atoms with Crippen molar-refractivity contribution in [1.82, 2.24) is 15.2 Å². The van der Waals surface area contributed by atoms with Gasteiger partial charge in [-0.1, -0.05) is 0 Å². The first-order valence-corrected chi connectivity index (χ1v) is 4.08. The molecule has 2 aromatic rings. The summed E-state index contributed by atoms with van der Waals surface area (Å²) < 4.78 is 13.2. The number of H-pyrrole nitrogens is 1. The summed E-state index contributed by atoms with van der Waals surface area (Å²) in [7, 11) is 0. The number of nitrogens with zero attached hydrogens (tertiary/aromatic N) is 2. The number of nitrogens with one attached hydrogen (secondary N) is 1. The molecule has 0 aliphatic carbocycles. The zero-order valence-electron chi connectivity index (χ0n) is 7.44. The summed E-state index contributed by atoms with van der Waals surface area (Å²) >= 11 is 0. The van der Waals surface area contributed by atoms with Gasteiger partial charge in [0.05, 0.1) is 0 Å². The molecule has 0 bridgehead atoms. The topological polar surface area (TPSA) is 78.9 Å². The molecule has 0 fully saturated rings. The van der Waals surface area contributed by atoms with Gasteiger partial charge in [0, 0.05) is 12.3 Å². The summed E-state index contributed by atoms with van der Waals surface area (Å²) in [4.78, 5) is 14.3. The smallest absolute Gasteiger partial charge is 0.353 e. The van der Waals surface area contributed by atoms with Crippen molar-refractivity contribution in [2.45, 2.75) is 0 Å². The second kappa shape index (κ2) is 3.49. The van der Waals surface area contributed by atoms with Gasteiger partial charge in [-0.2, -0.15) is 5.10 Å². The molecule has 15 heavy (non-hydrogen) atoms. The molecule has 0 aliphatic heterocycles. The van der Waals surface area contributed by atoms with E-state index in [0.717, 1.165) is 0 Å². The van der Waals surface area contributed by atoms with E-state index in [9.17, 15) is 9.18 Å². The Balaban J connectivity index is 2.46. The van der Waals surface area contributed by atoms with E-state index in [1.54, 1.807) is 0 Å². The van der Waals surface area contributed by atoms with Gasteiger partial charge in [0.1, 0.15) is 17.1 Å². The maximum Gasteiger partial charge on any atom is 0.353 e. The summed E-state index contributed by atoms with van der Waals surface area (Å²) in [6.45, 7) is 0. The monoisotopic (exact) mass is 207 g/mol. The molecular formula is C9H6FN3O2. The van der Waals surface area contributed by atoms with E-state index < -0.39 is 11.8 Å². The SMILES string of the molecule is O=C(O)c1cc(-c2ncccc2F)n[nH]1. The van der Waals surface area contributed by atoms with E-state index in [0.29, 0.717) is 0 Å². The first-order valence-electron chi connectivity index (χ1n) is 4.08. The molecule has 2 heterocycles. The van der Waals surface area contributed by atoms with E-state index in [-0.39, 0.29) is 17.1 Å². The van der Waals surface area contributed by atoms with Crippen molar-refractivity contribution in [3.05, 3.63) is 35.9 Å². The van der Waals surface area contributed by atoms with Gasteiger partial charge in [-0.3, -0.25) is 10.1 Å². The number of aromatic amines is 1. The lowest BCUT2D eigenvalue weighted by atomic mass is 10.2. The number of aromatic carboxylic acids is 1. The number of carboxylic acid groups (broad SMARTS) is 1. The lowest BCUT2D eigenvalue weighted by molar-refractivity contribution is 0.0690. The van der Waals surface area contributed by atoms with Crippen molar-refractivity contribution in [2.24, 2.45) is 0 Å². The van der Waals surface area contributed by atoms with Gasteiger partial charge in [-0.25, -0.2) is 9.18 Å². The van der Waals surface area contributed by atoms with Crippen LogP contribution in [0.3, 0.4) is 0 Å². The number of pyridine rings is 1. The van der Waals surface area contributed by atoms with Crippen molar-refractivity contribution in [3.63, 3.8) is 0 Å². The van der Waals surface area contributed by atoms with Gasteiger partial charge in [-0.05, 0) is 12.1 Å². The van der Waals surface area contributed by atoms with Crippen molar-refractivity contribution in [3.8, 4) is 11.4 Å². The van der Waals surface area contributed by atoms with Crippen LogP contribution in [0, 0.1) is 5.82 Å². The Labute approximate surface area is 83.6 Å². The van der Waals surface area contributed by atoms with Crippen LogP contribution in [0.25, 0.3) is 11.4 Å². The molecule has 0 saturated carbocycles. The second-order valence-corrected chi connectivity index (χ2v) is 2.81. The summed E-state index contributed by atoms with van der Waals surface area (Å²) in [6.07, 6.45) is 1.41. The third-order valence-electron chi connectivity index (χ3n) is 1.81. The second-order valence-electron chi connectivity index (χ2n) is 2.81. The fourth-order valence-electron chi connectivity index (χ4n) is 1.13. The molecule has 0 radical (unpaired) electrons. The Morgan fingerprint density at radius 1 is 1.53 bits per heavy atom. The van der Waals surface area contributed by atoms with Crippen molar-refractivity contribution < 1.29 is 14.3 Å². The van der Waals surface area contributed by atoms with E-state index in [2.05, 4.69) is 15.2 Å². The Morgan fingerprint density at radius 2 is 2.33 bits per heavy atom. The molecule has 2 N–H and O–H groups in total. The normalized spacial score (nSPS) is 10.2. The van der Waals surface area contributed by atoms with Gasteiger partial charge in [0.15, 0.2) is 5.82 Å². The van der Waals surface area contributed by atoms with Crippen LogP contribution in [0.15, 0.2) is 24.4 Å². The molecule has 0 aromatic carbocycles. The fourth-order valence-corrected chi connectivity index (χ4v) is 1.13. The average molecular weight is 207 g/mol. The highest BCUT2D eigenvalue weighted by Gasteiger charge is 2.12. The van der Waals surface area contributed by atoms with Crippen molar-refractivity contribution >= 4 is 5.97 Å². The number of rotatable bonds is 2. The number of halogens is 1. The number of carbonyl (C=O) groups is 1. The lowest BCUT2D eigenvalue weighted by Crippen LogP contribution is -1.95. The van der Waals surface area contributed by atoms with Crippen LogP contribution < -0.4 is 0 Å². The van der Waals surface area contributed by atoms with E-state index in [4.69, 9.17) is 5.11 Å². The molecule has 0 saturated heterocycles. The molecule has 76 valence electrons. The molecule has 0 spiro atoms. The minimum Gasteiger partial charge on any atom is -0.477 e. The van der Waals surface area contributed by atoms with Crippen molar-refractivity contribution in [1.29, 1.82) is 0 Å². The van der Waals surface area contributed by atoms with Gasteiger partial charge < -0.3 is 5.11 Å². The minimum atomic E-state index is -1.15. The Hall–Kier alpha value is -2.24. The average Bonchev–Trinajstić information content (AvgIpc) is 2.67. The molecule has 5 nitrogen and oxygen atoms in total. The standard InChI is InChI=1S/C9H6FN3O2/c10-5-2-1-3-11-8(5)6-4-7(9(14)15)13-12-6/h1-4H,(H,12,13)(H,14,15). The molecular weight excluding hydrogens is 201 g/mol. The number of hydrogen-bond acceptors (Lipinski definition) is 3. The van der Waals surface area contributed by atoms with Gasteiger partial charge in [0.2, 0.25) is 0 Å². The van der Waals surface area contributed by atoms with E-state index in [1.807, 2.05) is 0 Å². The van der Waals surface area contributed by atoms with Crippen LogP contribution >= 0.6 is 0 Å². The fraction of sp³-hybridized carbons (Fsp3) is 0. The molecule has 0 amide bonds. The molecule has 0 unspecified atom stereocenters. The summed E-state index contributed by atoms with van der Waals surface area (Å²) in [5, 5.41) is 14.6. The summed E-state index contributed by atoms with van der Waals surface area (Å²) in [5.41, 5.74) is 0.0989.